The molecular formula is C14H19BrN2OS. The third kappa shape index (κ3) is 3.89. The molecule has 1 saturated carbocycles. The second kappa shape index (κ2) is 6.66. The molecule has 2 atom stereocenters. The number of amidine groups is 1. The Morgan fingerprint density at radius 3 is 2.89 bits per heavy atom. The van der Waals surface area contributed by atoms with Gasteiger partial charge >= 0.3 is 0 Å². The molecular weight excluding hydrogens is 324 g/mol. The van der Waals surface area contributed by atoms with E-state index in [9.17, 15) is 0 Å². The molecule has 0 saturated heterocycles. The highest BCUT2D eigenvalue weighted by Gasteiger charge is 2.20. The maximum Gasteiger partial charge on any atom is 0.171 e. The van der Waals surface area contributed by atoms with Crippen molar-refractivity contribution in [2.75, 3.05) is 0 Å². The van der Waals surface area contributed by atoms with Crippen molar-refractivity contribution in [2.24, 2.45) is 16.8 Å². The molecule has 0 aromatic heterocycles. The highest BCUT2D eigenvalue weighted by atomic mass is 79.9. The summed E-state index contributed by atoms with van der Waals surface area (Å²) < 4.78 is 0.872. The molecule has 0 heterocycles. The van der Waals surface area contributed by atoms with E-state index in [0.29, 0.717) is 5.25 Å². The number of thioether (sulfide) groups is 1. The monoisotopic (exact) mass is 342 g/mol. The zero-order valence-electron chi connectivity index (χ0n) is 11.0. The second-order valence-corrected chi connectivity index (χ2v) is 7.37. The lowest BCUT2D eigenvalue weighted by atomic mass is 9.91. The normalized spacial score (nSPS) is 24.4. The molecule has 0 aliphatic heterocycles. The zero-order valence-corrected chi connectivity index (χ0v) is 13.4. The van der Waals surface area contributed by atoms with Gasteiger partial charge < -0.3 is 10.9 Å². The Balaban J connectivity index is 2.07. The first-order valence-corrected chi connectivity index (χ1v) is 8.21. The molecule has 0 bridgehead atoms. The van der Waals surface area contributed by atoms with E-state index in [0.717, 1.165) is 16.0 Å². The summed E-state index contributed by atoms with van der Waals surface area (Å²) in [7, 11) is 0. The predicted octanol–water partition coefficient (Wildman–Crippen LogP) is 4.21. The lowest BCUT2D eigenvalue weighted by Gasteiger charge is -2.26. The Labute approximate surface area is 126 Å². The van der Waals surface area contributed by atoms with Crippen LogP contribution in [0.15, 0.2) is 32.7 Å². The van der Waals surface area contributed by atoms with Crippen molar-refractivity contribution in [3.63, 3.8) is 0 Å². The number of halogens is 1. The smallest absolute Gasteiger partial charge is 0.171 e. The van der Waals surface area contributed by atoms with E-state index in [1.54, 1.807) is 0 Å². The van der Waals surface area contributed by atoms with Crippen LogP contribution in [0.1, 0.15) is 38.2 Å². The summed E-state index contributed by atoms with van der Waals surface area (Å²) in [6.07, 6.45) is 5.30. The quantitative estimate of drug-likeness (QED) is 0.374. The fourth-order valence-electron chi connectivity index (χ4n) is 2.51. The van der Waals surface area contributed by atoms with Crippen molar-refractivity contribution >= 4 is 33.5 Å². The third-order valence-corrected chi connectivity index (χ3v) is 5.46. The number of hydrogen-bond acceptors (Lipinski definition) is 3. The first-order valence-electron chi connectivity index (χ1n) is 6.54. The molecule has 1 aliphatic carbocycles. The number of hydrogen-bond donors (Lipinski definition) is 2. The molecule has 0 radical (unpaired) electrons. The van der Waals surface area contributed by atoms with Gasteiger partial charge in [-0.2, -0.15) is 0 Å². The van der Waals surface area contributed by atoms with E-state index in [2.05, 4.69) is 34.1 Å². The van der Waals surface area contributed by atoms with Crippen LogP contribution in [-0.4, -0.2) is 16.3 Å². The molecule has 19 heavy (non-hydrogen) atoms. The minimum absolute atomic E-state index is 0.134. The first kappa shape index (κ1) is 14.7. The molecule has 0 amide bonds. The van der Waals surface area contributed by atoms with Crippen molar-refractivity contribution in [3.8, 4) is 0 Å². The van der Waals surface area contributed by atoms with Gasteiger partial charge in [-0.15, -0.1) is 11.8 Å². The molecule has 1 aromatic rings. The van der Waals surface area contributed by atoms with E-state index in [1.807, 2.05) is 23.9 Å². The number of nitrogens with zero attached hydrogens (tertiary/aromatic N) is 1. The summed E-state index contributed by atoms with van der Waals surface area (Å²) in [5.74, 6) is 0.973. The van der Waals surface area contributed by atoms with Crippen LogP contribution in [0, 0.1) is 5.92 Å². The Morgan fingerprint density at radius 2 is 2.26 bits per heavy atom. The number of rotatable bonds is 3. The maximum atomic E-state index is 8.71. The Kier molecular flexibility index (Phi) is 5.16. The summed E-state index contributed by atoms with van der Waals surface area (Å²) in [5.41, 5.74) is 6.34. The van der Waals surface area contributed by atoms with Crippen LogP contribution in [0.25, 0.3) is 0 Å². The highest BCUT2D eigenvalue weighted by Crippen LogP contribution is 2.37. The zero-order chi connectivity index (χ0) is 13.8. The molecule has 0 spiro atoms. The molecule has 2 unspecified atom stereocenters. The van der Waals surface area contributed by atoms with Gasteiger partial charge in [0, 0.05) is 20.2 Å². The molecule has 3 N–H and O–H groups in total. The van der Waals surface area contributed by atoms with Gasteiger partial charge in [-0.05, 0) is 52.9 Å². The summed E-state index contributed by atoms with van der Waals surface area (Å²) in [6, 6.07) is 5.99. The van der Waals surface area contributed by atoms with E-state index in [-0.39, 0.29) is 5.84 Å². The fourth-order valence-corrected chi connectivity index (χ4v) is 4.67. The van der Waals surface area contributed by atoms with Crippen molar-refractivity contribution in [3.05, 3.63) is 28.2 Å². The predicted molar refractivity (Wildman–Crippen MR) is 83.9 cm³/mol. The molecule has 5 heteroatoms. The first-order chi connectivity index (χ1) is 9.10. The van der Waals surface area contributed by atoms with E-state index >= 15 is 0 Å². The average Bonchev–Trinajstić information content (AvgIpc) is 2.38. The van der Waals surface area contributed by atoms with Crippen LogP contribution < -0.4 is 5.73 Å². The fraction of sp³-hybridized carbons (Fsp3) is 0.500. The Hall–Kier alpha value is -0.680. The van der Waals surface area contributed by atoms with Crippen LogP contribution in [0.3, 0.4) is 0 Å². The van der Waals surface area contributed by atoms with Crippen LogP contribution in [0.5, 0.6) is 0 Å². The maximum absolute atomic E-state index is 8.71. The van der Waals surface area contributed by atoms with Gasteiger partial charge in [-0.3, -0.25) is 0 Å². The molecule has 1 aliphatic rings. The summed E-state index contributed by atoms with van der Waals surface area (Å²) in [5, 5.41) is 12.5. The summed E-state index contributed by atoms with van der Waals surface area (Å²) in [4.78, 5) is 1.24. The molecule has 1 aromatic carbocycles. The summed E-state index contributed by atoms with van der Waals surface area (Å²) >= 11 is 5.42. The van der Waals surface area contributed by atoms with Crippen molar-refractivity contribution in [2.45, 2.75) is 42.8 Å². The Morgan fingerprint density at radius 1 is 1.47 bits per heavy atom. The van der Waals surface area contributed by atoms with Crippen molar-refractivity contribution in [1.82, 2.24) is 0 Å². The van der Waals surface area contributed by atoms with Crippen LogP contribution >= 0.6 is 27.7 Å². The SMILES string of the molecule is CC1CCCC(Sc2ccc(/C(N)=N/O)c(Br)c2)C1. The molecule has 3 nitrogen and oxygen atoms in total. The van der Waals surface area contributed by atoms with Gasteiger partial charge in [0.2, 0.25) is 0 Å². The van der Waals surface area contributed by atoms with Crippen LogP contribution in [0.4, 0.5) is 0 Å². The van der Waals surface area contributed by atoms with Gasteiger partial charge in [-0.25, -0.2) is 0 Å². The van der Waals surface area contributed by atoms with Gasteiger partial charge in [-0.1, -0.05) is 24.9 Å². The van der Waals surface area contributed by atoms with Crippen molar-refractivity contribution < 1.29 is 5.21 Å². The lowest BCUT2D eigenvalue weighted by molar-refractivity contribution is 0.318. The van der Waals surface area contributed by atoms with Gasteiger partial charge in [0.05, 0.1) is 0 Å². The minimum atomic E-state index is 0.134. The topological polar surface area (TPSA) is 58.6 Å². The van der Waals surface area contributed by atoms with Gasteiger partial charge in [0.1, 0.15) is 0 Å². The van der Waals surface area contributed by atoms with Crippen LogP contribution in [0.2, 0.25) is 0 Å². The number of nitrogens with two attached hydrogens (primary N) is 1. The molecule has 2 rings (SSSR count). The van der Waals surface area contributed by atoms with Crippen molar-refractivity contribution in [1.29, 1.82) is 0 Å². The Bertz CT molecular complexity index is 479. The van der Waals surface area contributed by atoms with Gasteiger partial charge in [0.15, 0.2) is 5.84 Å². The number of benzene rings is 1. The lowest BCUT2D eigenvalue weighted by Crippen LogP contribution is -2.15. The number of oxime groups is 1. The van der Waals surface area contributed by atoms with Gasteiger partial charge in [0.25, 0.3) is 0 Å². The van der Waals surface area contributed by atoms with Crippen LogP contribution in [-0.2, 0) is 0 Å². The van der Waals surface area contributed by atoms with E-state index in [1.165, 1.54) is 30.6 Å². The standard InChI is InChI=1S/C14H19BrN2OS/c1-9-3-2-4-10(7-9)19-11-5-6-12(13(15)8-11)14(16)17-18/h5-6,8-10,18H,2-4,7H2,1H3,(H2,16,17). The molecule has 104 valence electrons. The largest absolute Gasteiger partial charge is 0.409 e. The average molecular weight is 343 g/mol. The second-order valence-electron chi connectivity index (χ2n) is 5.14. The summed E-state index contributed by atoms with van der Waals surface area (Å²) in [6.45, 7) is 2.34. The van der Waals surface area contributed by atoms with E-state index in [4.69, 9.17) is 10.9 Å². The van der Waals surface area contributed by atoms with E-state index < -0.39 is 0 Å². The molecule has 1 fully saturated rings. The third-order valence-electron chi connectivity index (χ3n) is 3.52. The highest BCUT2D eigenvalue weighted by molar-refractivity contribution is 9.10. The minimum Gasteiger partial charge on any atom is -0.409 e.